The van der Waals surface area contributed by atoms with E-state index in [9.17, 15) is 9.59 Å². The van der Waals surface area contributed by atoms with Crippen LogP contribution >= 0.6 is 11.6 Å². The highest BCUT2D eigenvalue weighted by atomic mass is 35.5. The number of amides is 1. The second-order valence-electron chi connectivity index (χ2n) is 3.30. The van der Waals surface area contributed by atoms with E-state index >= 15 is 0 Å². The van der Waals surface area contributed by atoms with Gasteiger partial charge in [-0.2, -0.15) is 0 Å². The number of hydrogen-bond donors (Lipinski definition) is 0. The number of esters is 1. The molecule has 7 heteroatoms. The monoisotopic (exact) mass is 244 g/mol. The Bertz CT molecular complexity index is 431. The lowest BCUT2D eigenvalue weighted by Crippen LogP contribution is -2.24. The highest BCUT2D eigenvalue weighted by Crippen LogP contribution is 2.23. The van der Waals surface area contributed by atoms with Gasteiger partial charge in [-0.15, -0.1) is 11.6 Å². The average Bonchev–Trinajstić information content (AvgIpc) is 2.83. The minimum atomic E-state index is -0.632. The standard InChI is InChI=1S/C9H9ClN2O4/c1-15-8(14)6-3-11-9(16-6)12-4-5(10)2-7(12)13/h3,5H,2,4H2,1H3. The van der Waals surface area contributed by atoms with Crippen LogP contribution in [0.2, 0.25) is 0 Å². The van der Waals surface area contributed by atoms with E-state index in [1.807, 2.05) is 0 Å². The maximum atomic E-state index is 11.5. The van der Waals surface area contributed by atoms with Gasteiger partial charge < -0.3 is 9.15 Å². The molecular formula is C9H9ClN2O4. The topological polar surface area (TPSA) is 72.6 Å². The molecule has 0 radical (unpaired) electrons. The largest absolute Gasteiger partial charge is 0.463 e. The first-order chi connectivity index (χ1) is 7.61. The minimum absolute atomic E-state index is 0.0386. The van der Waals surface area contributed by atoms with Crippen molar-refractivity contribution in [3.63, 3.8) is 0 Å². The molecule has 1 amide bonds. The molecule has 0 bridgehead atoms. The molecule has 1 atom stereocenters. The molecular weight excluding hydrogens is 236 g/mol. The van der Waals surface area contributed by atoms with Crippen molar-refractivity contribution < 1.29 is 18.7 Å². The van der Waals surface area contributed by atoms with Gasteiger partial charge in [-0.1, -0.05) is 0 Å². The van der Waals surface area contributed by atoms with Gasteiger partial charge in [0, 0.05) is 13.0 Å². The molecule has 1 aliphatic heterocycles. The second kappa shape index (κ2) is 4.13. The van der Waals surface area contributed by atoms with E-state index in [2.05, 4.69) is 9.72 Å². The van der Waals surface area contributed by atoms with Crippen molar-refractivity contribution in [1.29, 1.82) is 0 Å². The quantitative estimate of drug-likeness (QED) is 0.569. The van der Waals surface area contributed by atoms with Gasteiger partial charge in [0.2, 0.25) is 11.7 Å². The number of rotatable bonds is 2. The van der Waals surface area contributed by atoms with Crippen LogP contribution in [0.4, 0.5) is 6.01 Å². The second-order valence-corrected chi connectivity index (χ2v) is 3.92. The van der Waals surface area contributed by atoms with Crippen LogP contribution in [0.3, 0.4) is 0 Å². The summed E-state index contributed by atoms with van der Waals surface area (Å²) in [5.74, 6) is -0.839. The van der Waals surface area contributed by atoms with Gasteiger partial charge in [0.15, 0.2) is 0 Å². The molecule has 1 aromatic rings. The summed E-state index contributed by atoms with van der Waals surface area (Å²) >= 11 is 5.82. The van der Waals surface area contributed by atoms with E-state index in [-0.39, 0.29) is 29.5 Å². The van der Waals surface area contributed by atoms with Crippen molar-refractivity contribution in [2.45, 2.75) is 11.8 Å². The molecule has 86 valence electrons. The van der Waals surface area contributed by atoms with Gasteiger partial charge in [-0.25, -0.2) is 9.78 Å². The predicted octanol–water partition coefficient (Wildman–Crippen LogP) is 0.805. The molecule has 1 unspecified atom stereocenters. The lowest BCUT2D eigenvalue weighted by atomic mass is 10.4. The van der Waals surface area contributed by atoms with Crippen LogP contribution < -0.4 is 4.90 Å². The van der Waals surface area contributed by atoms with Crippen molar-refractivity contribution in [1.82, 2.24) is 4.98 Å². The van der Waals surface area contributed by atoms with Crippen LogP contribution in [0.1, 0.15) is 17.0 Å². The van der Waals surface area contributed by atoms with E-state index in [1.54, 1.807) is 0 Å². The highest BCUT2D eigenvalue weighted by molar-refractivity contribution is 6.24. The van der Waals surface area contributed by atoms with Gasteiger partial charge in [-0.05, 0) is 0 Å². The van der Waals surface area contributed by atoms with Crippen molar-refractivity contribution >= 4 is 29.5 Å². The molecule has 0 spiro atoms. The summed E-state index contributed by atoms with van der Waals surface area (Å²) in [6.07, 6.45) is 1.47. The number of oxazole rings is 1. The molecule has 0 aliphatic carbocycles. The third kappa shape index (κ3) is 1.88. The van der Waals surface area contributed by atoms with E-state index in [1.165, 1.54) is 18.2 Å². The van der Waals surface area contributed by atoms with Crippen molar-refractivity contribution in [3.05, 3.63) is 12.0 Å². The van der Waals surface area contributed by atoms with Gasteiger partial charge in [-0.3, -0.25) is 9.69 Å². The Kier molecular flexibility index (Phi) is 2.82. The first kappa shape index (κ1) is 10.9. The van der Waals surface area contributed by atoms with Gasteiger partial charge in [0.1, 0.15) is 0 Å². The SMILES string of the molecule is COC(=O)c1cnc(N2CC(Cl)CC2=O)o1. The maximum Gasteiger partial charge on any atom is 0.375 e. The number of halogens is 1. The first-order valence-electron chi connectivity index (χ1n) is 4.60. The molecule has 1 aromatic heterocycles. The zero-order chi connectivity index (χ0) is 11.7. The summed E-state index contributed by atoms with van der Waals surface area (Å²) < 4.78 is 9.56. The Hall–Kier alpha value is -1.56. The smallest absolute Gasteiger partial charge is 0.375 e. The summed E-state index contributed by atoms with van der Waals surface area (Å²) in [6.45, 7) is 0.335. The van der Waals surface area contributed by atoms with Gasteiger partial charge in [0.25, 0.3) is 0 Å². The van der Waals surface area contributed by atoms with Crippen molar-refractivity contribution in [3.8, 4) is 0 Å². The zero-order valence-corrected chi connectivity index (χ0v) is 9.23. The van der Waals surface area contributed by atoms with E-state index in [0.717, 1.165) is 0 Å². The Morgan fingerprint density at radius 3 is 3.06 bits per heavy atom. The number of carbonyl (C=O) groups excluding carboxylic acids is 2. The van der Waals surface area contributed by atoms with Gasteiger partial charge >= 0.3 is 12.0 Å². The Morgan fingerprint density at radius 2 is 2.50 bits per heavy atom. The number of alkyl halides is 1. The molecule has 1 fully saturated rings. The molecule has 2 heterocycles. The third-order valence-electron chi connectivity index (χ3n) is 2.19. The number of ether oxygens (including phenoxy) is 1. The maximum absolute atomic E-state index is 11.5. The molecule has 0 N–H and O–H groups in total. The summed E-state index contributed by atoms with van der Waals surface area (Å²) in [5.41, 5.74) is 0. The average molecular weight is 245 g/mol. The third-order valence-corrected chi connectivity index (χ3v) is 2.48. The first-order valence-corrected chi connectivity index (χ1v) is 5.04. The number of hydrogen-bond acceptors (Lipinski definition) is 5. The molecule has 0 saturated carbocycles. The van der Waals surface area contributed by atoms with Crippen molar-refractivity contribution in [2.75, 3.05) is 18.6 Å². The van der Waals surface area contributed by atoms with Gasteiger partial charge in [0.05, 0.1) is 18.7 Å². The lowest BCUT2D eigenvalue weighted by molar-refractivity contribution is -0.117. The van der Waals surface area contributed by atoms with Crippen LogP contribution in [0.5, 0.6) is 0 Å². The lowest BCUT2D eigenvalue weighted by Gasteiger charge is -2.09. The van der Waals surface area contributed by atoms with E-state index in [4.69, 9.17) is 16.0 Å². The van der Waals surface area contributed by atoms with Crippen LogP contribution in [-0.4, -0.2) is 35.9 Å². The normalized spacial score (nSPS) is 20.2. The van der Waals surface area contributed by atoms with Crippen LogP contribution in [0.15, 0.2) is 10.6 Å². The van der Waals surface area contributed by atoms with Crippen LogP contribution in [0.25, 0.3) is 0 Å². The molecule has 2 rings (SSSR count). The molecule has 1 aliphatic rings. The number of methoxy groups -OCH3 is 1. The molecule has 0 aromatic carbocycles. The number of carbonyl (C=O) groups is 2. The molecule has 1 saturated heterocycles. The highest BCUT2D eigenvalue weighted by Gasteiger charge is 2.32. The Labute approximate surface area is 96.1 Å². The van der Waals surface area contributed by atoms with Crippen LogP contribution in [-0.2, 0) is 9.53 Å². The van der Waals surface area contributed by atoms with Crippen LogP contribution in [0, 0.1) is 0 Å². The Morgan fingerprint density at radius 1 is 1.75 bits per heavy atom. The summed E-state index contributed by atoms with van der Waals surface area (Å²) in [4.78, 5) is 27.7. The summed E-state index contributed by atoms with van der Waals surface area (Å²) in [5, 5.41) is -0.249. The fourth-order valence-corrected chi connectivity index (χ4v) is 1.70. The fraction of sp³-hybridized carbons (Fsp3) is 0.444. The Balaban J connectivity index is 2.19. The predicted molar refractivity (Wildman–Crippen MR) is 54.5 cm³/mol. The summed E-state index contributed by atoms with van der Waals surface area (Å²) in [7, 11) is 1.24. The van der Waals surface area contributed by atoms with E-state index in [0.29, 0.717) is 6.54 Å². The number of aromatic nitrogens is 1. The molecule has 6 nitrogen and oxygen atoms in total. The minimum Gasteiger partial charge on any atom is -0.463 e. The number of nitrogens with zero attached hydrogens (tertiary/aromatic N) is 2. The van der Waals surface area contributed by atoms with E-state index < -0.39 is 5.97 Å². The fourth-order valence-electron chi connectivity index (χ4n) is 1.43. The van der Waals surface area contributed by atoms with Crippen molar-refractivity contribution in [2.24, 2.45) is 0 Å². The zero-order valence-electron chi connectivity index (χ0n) is 8.47. The summed E-state index contributed by atoms with van der Waals surface area (Å²) in [6, 6.07) is 0.0774. The molecule has 16 heavy (non-hydrogen) atoms. The number of anilines is 1.